The molecule has 0 amide bonds. The molecule has 0 aliphatic rings. The lowest BCUT2D eigenvalue weighted by molar-refractivity contribution is -0.384. The minimum Gasteiger partial charge on any atom is -0.492 e. The Morgan fingerprint density at radius 1 is 1.14 bits per heavy atom. The van der Waals surface area contributed by atoms with Crippen LogP contribution in [0, 0.1) is 10.1 Å². The Morgan fingerprint density at radius 3 is 2.48 bits per heavy atom. The molecule has 0 fully saturated rings. The highest BCUT2D eigenvalue weighted by molar-refractivity contribution is 5.33. The number of hydrogen-bond donors (Lipinski definition) is 1. The second kappa shape index (κ2) is 7.35. The van der Waals surface area contributed by atoms with E-state index in [-0.39, 0.29) is 5.69 Å². The van der Waals surface area contributed by atoms with Crippen LogP contribution in [0.5, 0.6) is 5.75 Å². The highest BCUT2D eigenvalue weighted by atomic mass is 16.6. The molecule has 21 heavy (non-hydrogen) atoms. The molecular formula is C15H17N3O3. The fourth-order valence-corrected chi connectivity index (χ4v) is 1.86. The van der Waals surface area contributed by atoms with Crippen LogP contribution in [0.15, 0.2) is 42.6 Å². The van der Waals surface area contributed by atoms with Crippen LogP contribution < -0.4 is 10.5 Å². The summed E-state index contributed by atoms with van der Waals surface area (Å²) < 4.78 is 5.59. The van der Waals surface area contributed by atoms with Crippen LogP contribution >= 0.6 is 0 Å². The Bertz CT molecular complexity index is 582. The third-order valence-corrected chi connectivity index (χ3v) is 3.00. The molecule has 0 atom stereocenters. The third-order valence-electron chi connectivity index (χ3n) is 3.00. The molecule has 0 saturated carbocycles. The lowest BCUT2D eigenvalue weighted by Gasteiger charge is -2.06. The number of non-ortho nitro benzene ring substituents is 1. The van der Waals surface area contributed by atoms with Gasteiger partial charge in [-0.1, -0.05) is 12.1 Å². The largest absolute Gasteiger partial charge is 0.492 e. The first-order chi connectivity index (χ1) is 10.2. The lowest BCUT2D eigenvalue weighted by Crippen LogP contribution is -2.05. The zero-order chi connectivity index (χ0) is 15.1. The van der Waals surface area contributed by atoms with Gasteiger partial charge in [0.1, 0.15) is 5.75 Å². The highest BCUT2D eigenvalue weighted by Gasteiger charge is 2.04. The molecule has 1 aromatic heterocycles. The molecule has 0 radical (unpaired) electrons. The number of ether oxygens (including phenoxy) is 1. The first-order valence-electron chi connectivity index (χ1n) is 6.70. The van der Waals surface area contributed by atoms with E-state index < -0.39 is 4.92 Å². The maximum Gasteiger partial charge on any atom is 0.269 e. The van der Waals surface area contributed by atoms with Crippen molar-refractivity contribution >= 4 is 5.69 Å². The number of aromatic nitrogens is 1. The average Bonchev–Trinajstić information content (AvgIpc) is 2.50. The second-order valence-corrected chi connectivity index (χ2v) is 4.55. The average molecular weight is 287 g/mol. The van der Waals surface area contributed by atoms with Crippen molar-refractivity contribution in [3.63, 3.8) is 0 Å². The zero-order valence-electron chi connectivity index (χ0n) is 11.6. The van der Waals surface area contributed by atoms with Crippen molar-refractivity contribution in [1.29, 1.82) is 0 Å². The number of nitrogens with zero attached hydrogens (tertiary/aromatic N) is 2. The normalized spacial score (nSPS) is 10.3. The van der Waals surface area contributed by atoms with Crippen LogP contribution in [-0.2, 0) is 12.8 Å². The van der Waals surface area contributed by atoms with Crippen molar-refractivity contribution in [2.75, 3.05) is 13.2 Å². The van der Waals surface area contributed by atoms with Gasteiger partial charge in [0.25, 0.3) is 5.69 Å². The summed E-state index contributed by atoms with van der Waals surface area (Å²) in [5.41, 5.74) is 7.49. The SMILES string of the molecule is NCCc1ccc(OCCc2ccc([N+](=O)[O-])cc2)cn1. The molecule has 0 saturated heterocycles. The number of pyridine rings is 1. The molecule has 110 valence electrons. The maximum atomic E-state index is 10.6. The van der Waals surface area contributed by atoms with Crippen molar-refractivity contribution in [2.24, 2.45) is 5.73 Å². The van der Waals surface area contributed by atoms with E-state index in [2.05, 4.69) is 4.98 Å². The Kier molecular flexibility index (Phi) is 5.22. The van der Waals surface area contributed by atoms with Gasteiger partial charge in [0.05, 0.1) is 17.7 Å². The summed E-state index contributed by atoms with van der Waals surface area (Å²) in [4.78, 5) is 14.4. The summed E-state index contributed by atoms with van der Waals surface area (Å²) in [5, 5.41) is 10.6. The van der Waals surface area contributed by atoms with Crippen LogP contribution in [0.3, 0.4) is 0 Å². The molecule has 0 unspecified atom stereocenters. The van der Waals surface area contributed by atoms with Gasteiger partial charge in [0.2, 0.25) is 0 Å². The van der Waals surface area contributed by atoms with Crippen molar-refractivity contribution in [1.82, 2.24) is 4.98 Å². The number of nitro benzene ring substituents is 1. The molecule has 6 nitrogen and oxygen atoms in total. The van der Waals surface area contributed by atoms with Crippen LogP contribution in [0.2, 0.25) is 0 Å². The fourth-order valence-electron chi connectivity index (χ4n) is 1.86. The molecule has 0 bridgehead atoms. The van der Waals surface area contributed by atoms with Crippen LogP contribution in [0.4, 0.5) is 5.69 Å². The Balaban J connectivity index is 1.82. The summed E-state index contributed by atoms with van der Waals surface area (Å²) in [7, 11) is 0. The molecule has 6 heteroatoms. The molecule has 0 aliphatic heterocycles. The lowest BCUT2D eigenvalue weighted by atomic mass is 10.1. The van der Waals surface area contributed by atoms with Crippen LogP contribution in [0.1, 0.15) is 11.3 Å². The summed E-state index contributed by atoms with van der Waals surface area (Å²) in [5.74, 6) is 0.706. The molecule has 1 heterocycles. The van der Waals surface area contributed by atoms with E-state index in [0.29, 0.717) is 25.3 Å². The van der Waals surface area contributed by atoms with E-state index in [4.69, 9.17) is 10.5 Å². The molecular weight excluding hydrogens is 270 g/mol. The highest BCUT2D eigenvalue weighted by Crippen LogP contribution is 2.13. The third kappa shape index (κ3) is 4.54. The Morgan fingerprint density at radius 2 is 1.90 bits per heavy atom. The van der Waals surface area contributed by atoms with Gasteiger partial charge in [-0.2, -0.15) is 0 Å². The molecule has 0 aliphatic carbocycles. The molecule has 2 rings (SSSR count). The van der Waals surface area contributed by atoms with E-state index in [1.807, 2.05) is 12.1 Å². The van der Waals surface area contributed by atoms with Gasteiger partial charge in [-0.3, -0.25) is 15.1 Å². The van der Waals surface area contributed by atoms with Crippen molar-refractivity contribution in [3.8, 4) is 5.75 Å². The van der Waals surface area contributed by atoms with Gasteiger partial charge >= 0.3 is 0 Å². The topological polar surface area (TPSA) is 91.3 Å². The minimum atomic E-state index is -0.408. The smallest absolute Gasteiger partial charge is 0.269 e. The second-order valence-electron chi connectivity index (χ2n) is 4.55. The van der Waals surface area contributed by atoms with E-state index in [1.54, 1.807) is 18.3 Å². The van der Waals surface area contributed by atoms with E-state index in [9.17, 15) is 10.1 Å². The number of nitrogens with two attached hydrogens (primary N) is 1. The predicted octanol–water partition coefficient (Wildman–Crippen LogP) is 2.11. The van der Waals surface area contributed by atoms with Gasteiger partial charge < -0.3 is 10.5 Å². The van der Waals surface area contributed by atoms with Gasteiger partial charge in [-0.25, -0.2) is 0 Å². The number of nitro groups is 1. The number of rotatable bonds is 7. The van der Waals surface area contributed by atoms with Crippen molar-refractivity contribution in [3.05, 3.63) is 64.0 Å². The minimum absolute atomic E-state index is 0.0966. The zero-order valence-corrected chi connectivity index (χ0v) is 11.6. The Labute approximate surface area is 122 Å². The predicted molar refractivity (Wildman–Crippen MR) is 79.3 cm³/mol. The molecule has 2 N–H and O–H groups in total. The maximum absolute atomic E-state index is 10.6. The molecule has 1 aromatic carbocycles. The van der Waals surface area contributed by atoms with Gasteiger partial charge in [0.15, 0.2) is 0 Å². The summed E-state index contributed by atoms with van der Waals surface area (Å²) in [6.07, 6.45) is 3.12. The van der Waals surface area contributed by atoms with Gasteiger partial charge in [-0.15, -0.1) is 0 Å². The van der Waals surface area contributed by atoms with Crippen molar-refractivity contribution < 1.29 is 9.66 Å². The monoisotopic (exact) mass is 287 g/mol. The van der Waals surface area contributed by atoms with Gasteiger partial charge in [0, 0.05) is 30.7 Å². The number of hydrogen-bond acceptors (Lipinski definition) is 5. The van der Waals surface area contributed by atoms with E-state index in [0.717, 1.165) is 17.7 Å². The fraction of sp³-hybridized carbons (Fsp3) is 0.267. The molecule has 0 spiro atoms. The van der Waals surface area contributed by atoms with Crippen LogP contribution in [0.25, 0.3) is 0 Å². The van der Waals surface area contributed by atoms with E-state index >= 15 is 0 Å². The van der Waals surface area contributed by atoms with Gasteiger partial charge in [-0.05, 0) is 24.2 Å². The summed E-state index contributed by atoms with van der Waals surface area (Å²) in [6.45, 7) is 1.07. The first kappa shape index (κ1) is 14.9. The summed E-state index contributed by atoms with van der Waals surface area (Å²) >= 11 is 0. The standard InChI is InChI=1S/C15H17N3O3/c16-9-7-13-3-6-15(11-17-13)21-10-8-12-1-4-14(5-2-12)18(19)20/h1-6,11H,7-10,16H2. The summed E-state index contributed by atoms with van der Waals surface area (Å²) in [6, 6.07) is 10.2. The number of benzene rings is 1. The molecule has 2 aromatic rings. The van der Waals surface area contributed by atoms with Crippen molar-refractivity contribution in [2.45, 2.75) is 12.8 Å². The Hall–Kier alpha value is -2.47. The van der Waals surface area contributed by atoms with Crippen LogP contribution in [-0.4, -0.2) is 23.1 Å². The van der Waals surface area contributed by atoms with E-state index in [1.165, 1.54) is 12.1 Å². The quantitative estimate of drug-likeness (QED) is 0.622. The first-order valence-corrected chi connectivity index (χ1v) is 6.70.